The predicted molar refractivity (Wildman–Crippen MR) is 128 cm³/mol. The van der Waals surface area contributed by atoms with E-state index >= 15 is 0 Å². The highest BCUT2D eigenvalue weighted by atomic mass is 35.5. The number of benzene rings is 2. The van der Waals surface area contributed by atoms with E-state index < -0.39 is 0 Å². The summed E-state index contributed by atoms with van der Waals surface area (Å²) < 4.78 is 11.2. The number of hydrogen-bond acceptors (Lipinski definition) is 4. The van der Waals surface area contributed by atoms with Crippen LogP contribution in [0, 0.1) is 5.92 Å². The quantitative estimate of drug-likeness (QED) is 0.496. The standard InChI is InChI=1S/C24H30Cl2N2O3/c1-16(2)15-31-23-19(26)12-17(13-22(23)30-3)24(29)27-20-14-18(25)8-9-21(20)28-10-6-4-5-7-11-28/h8-9,12-14,16H,4-7,10-11,15H2,1-3H3,(H,27,29). The number of amides is 1. The molecule has 2 aromatic rings. The summed E-state index contributed by atoms with van der Waals surface area (Å²) in [6.07, 6.45) is 4.74. The largest absolute Gasteiger partial charge is 0.493 e. The van der Waals surface area contributed by atoms with E-state index in [9.17, 15) is 4.79 Å². The van der Waals surface area contributed by atoms with E-state index in [1.54, 1.807) is 18.2 Å². The van der Waals surface area contributed by atoms with Crippen LogP contribution in [0.2, 0.25) is 10.0 Å². The Morgan fingerprint density at radius 3 is 2.45 bits per heavy atom. The van der Waals surface area contributed by atoms with Crippen LogP contribution in [-0.2, 0) is 0 Å². The molecule has 7 heteroatoms. The first-order valence-electron chi connectivity index (χ1n) is 10.7. The van der Waals surface area contributed by atoms with Crippen LogP contribution in [0.25, 0.3) is 0 Å². The molecule has 1 amide bonds. The van der Waals surface area contributed by atoms with E-state index in [0.29, 0.717) is 45.3 Å². The van der Waals surface area contributed by atoms with Gasteiger partial charge in [0, 0.05) is 23.7 Å². The lowest BCUT2D eigenvalue weighted by Gasteiger charge is -2.26. The van der Waals surface area contributed by atoms with Crippen molar-refractivity contribution in [1.29, 1.82) is 0 Å². The van der Waals surface area contributed by atoms with Crippen LogP contribution in [-0.4, -0.2) is 32.7 Å². The van der Waals surface area contributed by atoms with Crippen molar-refractivity contribution in [3.63, 3.8) is 0 Å². The first-order chi connectivity index (χ1) is 14.9. The number of hydrogen-bond donors (Lipinski definition) is 1. The number of nitrogens with zero attached hydrogens (tertiary/aromatic N) is 1. The lowest BCUT2D eigenvalue weighted by Crippen LogP contribution is -2.25. The maximum absolute atomic E-state index is 13.1. The molecular weight excluding hydrogens is 435 g/mol. The highest BCUT2D eigenvalue weighted by molar-refractivity contribution is 6.33. The number of methoxy groups -OCH3 is 1. The van der Waals surface area contributed by atoms with Gasteiger partial charge in [-0.3, -0.25) is 4.79 Å². The normalized spacial score (nSPS) is 14.3. The predicted octanol–water partition coefficient (Wildman–Crippen LogP) is 6.67. The molecule has 1 fully saturated rings. The van der Waals surface area contributed by atoms with Gasteiger partial charge < -0.3 is 19.7 Å². The number of nitrogens with one attached hydrogen (secondary N) is 1. The van der Waals surface area contributed by atoms with Gasteiger partial charge in [0.2, 0.25) is 0 Å². The van der Waals surface area contributed by atoms with Gasteiger partial charge in [0.05, 0.1) is 30.1 Å². The molecule has 3 rings (SSSR count). The first-order valence-corrected chi connectivity index (χ1v) is 11.5. The minimum absolute atomic E-state index is 0.283. The molecule has 31 heavy (non-hydrogen) atoms. The van der Waals surface area contributed by atoms with E-state index in [0.717, 1.165) is 31.6 Å². The molecule has 0 unspecified atom stereocenters. The highest BCUT2D eigenvalue weighted by Crippen LogP contribution is 2.37. The molecular formula is C24H30Cl2N2O3. The molecule has 0 aromatic heterocycles. The Bertz CT molecular complexity index is 910. The molecule has 2 aromatic carbocycles. The second-order valence-corrected chi connectivity index (χ2v) is 9.05. The van der Waals surface area contributed by atoms with Crippen molar-refractivity contribution in [2.24, 2.45) is 5.92 Å². The fraction of sp³-hybridized carbons (Fsp3) is 0.458. The third kappa shape index (κ3) is 6.20. The fourth-order valence-electron chi connectivity index (χ4n) is 3.63. The smallest absolute Gasteiger partial charge is 0.255 e. The fourth-order valence-corrected chi connectivity index (χ4v) is 4.07. The van der Waals surface area contributed by atoms with Gasteiger partial charge in [0.25, 0.3) is 5.91 Å². The number of anilines is 2. The van der Waals surface area contributed by atoms with Gasteiger partial charge in [-0.2, -0.15) is 0 Å². The number of carbonyl (C=O) groups is 1. The topological polar surface area (TPSA) is 50.8 Å². The SMILES string of the molecule is COc1cc(C(=O)Nc2cc(Cl)ccc2N2CCCCCC2)cc(Cl)c1OCC(C)C. The van der Waals surface area contributed by atoms with Gasteiger partial charge in [0.1, 0.15) is 0 Å². The Hall–Kier alpha value is -2.11. The molecule has 1 aliphatic heterocycles. The van der Waals surface area contributed by atoms with Gasteiger partial charge in [-0.25, -0.2) is 0 Å². The van der Waals surface area contributed by atoms with Crippen LogP contribution < -0.4 is 19.7 Å². The van der Waals surface area contributed by atoms with Crippen molar-refractivity contribution in [2.75, 3.05) is 37.0 Å². The zero-order valence-corrected chi connectivity index (χ0v) is 19.9. The summed E-state index contributed by atoms with van der Waals surface area (Å²) >= 11 is 12.7. The summed E-state index contributed by atoms with van der Waals surface area (Å²) in [5.74, 6) is 0.928. The van der Waals surface area contributed by atoms with Crippen LogP contribution in [0.4, 0.5) is 11.4 Å². The number of ether oxygens (including phenoxy) is 2. The minimum Gasteiger partial charge on any atom is -0.493 e. The maximum Gasteiger partial charge on any atom is 0.255 e. The van der Waals surface area contributed by atoms with Crippen molar-refractivity contribution >= 4 is 40.5 Å². The molecule has 0 aliphatic carbocycles. The van der Waals surface area contributed by atoms with Crippen molar-refractivity contribution in [3.05, 3.63) is 45.9 Å². The molecule has 0 saturated carbocycles. The minimum atomic E-state index is -0.283. The van der Waals surface area contributed by atoms with Gasteiger partial charge in [-0.1, -0.05) is 49.9 Å². The number of carbonyl (C=O) groups excluding carboxylic acids is 1. The molecule has 1 heterocycles. The lowest BCUT2D eigenvalue weighted by atomic mass is 10.1. The number of halogens is 2. The van der Waals surface area contributed by atoms with Gasteiger partial charge in [0.15, 0.2) is 11.5 Å². The van der Waals surface area contributed by atoms with E-state index in [2.05, 4.69) is 24.1 Å². The lowest BCUT2D eigenvalue weighted by molar-refractivity contribution is 0.102. The van der Waals surface area contributed by atoms with Crippen LogP contribution in [0.1, 0.15) is 49.9 Å². The van der Waals surface area contributed by atoms with Crippen molar-refractivity contribution < 1.29 is 14.3 Å². The Morgan fingerprint density at radius 1 is 1.10 bits per heavy atom. The second kappa shape index (κ2) is 11.0. The average Bonchev–Trinajstić information content (AvgIpc) is 3.01. The van der Waals surface area contributed by atoms with Crippen LogP contribution >= 0.6 is 23.2 Å². The van der Waals surface area contributed by atoms with Gasteiger partial charge >= 0.3 is 0 Å². The van der Waals surface area contributed by atoms with Crippen molar-refractivity contribution in [3.8, 4) is 11.5 Å². The first kappa shape index (κ1) is 23.6. The summed E-state index contributed by atoms with van der Waals surface area (Å²) in [6, 6.07) is 8.87. The summed E-state index contributed by atoms with van der Waals surface area (Å²) in [5.41, 5.74) is 2.06. The molecule has 5 nitrogen and oxygen atoms in total. The molecule has 0 bridgehead atoms. The molecule has 0 spiro atoms. The summed E-state index contributed by atoms with van der Waals surface area (Å²) in [5, 5.41) is 3.92. The van der Waals surface area contributed by atoms with Crippen molar-refractivity contribution in [1.82, 2.24) is 0 Å². The Morgan fingerprint density at radius 2 is 1.81 bits per heavy atom. The highest BCUT2D eigenvalue weighted by Gasteiger charge is 2.19. The van der Waals surface area contributed by atoms with E-state index in [1.165, 1.54) is 20.0 Å². The average molecular weight is 465 g/mol. The second-order valence-electron chi connectivity index (χ2n) is 8.21. The molecule has 168 valence electrons. The Kier molecular flexibility index (Phi) is 8.33. The Labute approximate surface area is 194 Å². The zero-order valence-electron chi connectivity index (χ0n) is 18.3. The van der Waals surface area contributed by atoms with Gasteiger partial charge in [-0.05, 0) is 49.1 Å². The Balaban J connectivity index is 1.86. The molecule has 1 N–H and O–H groups in total. The van der Waals surface area contributed by atoms with Crippen LogP contribution in [0.3, 0.4) is 0 Å². The molecule has 0 atom stereocenters. The number of rotatable bonds is 7. The van der Waals surface area contributed by atoms with Crippen LogP contribution in [0.5, 0.6) is 11.5 Å². The van der Waals surface area contributed by atoms with Crippen molar-refractivity contribution in [2.45, 2.75) is 39.5 Å². The van der Waals surface area contributed by atoms with E-state index in [1.807, 2.05) is 12.1 Å². The monoisotopic (exact) mass is 464 g/mol. The zero-order chi connectivity index (χ0) is 22.4. The molecule has 0 radical (unpaired) electrons. The van der Waals surface area contributed by atoms with E-state index in [4.69, 9.17) is 32.7 Å². The summed E-state index contributed by atoms with van der Waals surface area (Å²) in [6.45, 7) is 6.53. The third-order valence-corrected chi connectivity index (χ3v) is 5.72. The summed E-state index contributed by atoms with van der Waals surface area (Å²) in [7, 11) is 1.53. The maximum atomic E-state index is 13.1. The molecule has 1 aliphatic rings. The van der Waals surface area contributed by atoms with E-state index in [-0.39, 0.29) is 5.91 Å². The third-order valence-electron chi connectivity index (χ3n) is 5.21. The van der Waals surface area contributed by atoms with Crippen LogP contribution in [0.15, 0.2) is 30.3 Å². The molecule has 1 saturated heterocycles. The van der Waals surface area contributed by atoms with Gasteiger partial charge in [-0.15, -0.1) is 0 Å². The summed E-state index contributed by atoms with van der Waals surface area (Å²) in [4.78, 5) is 15.4.